The number of carboxylic acids is 1. The summed E-state index contributed by atoms with van der Waals surface area (Å²) in [5.74, 6) is 1.11. The van der Waals surface area contributed by atoms with Crippen LogP contribution in [-0.4, -0.2) is 49.6 Å². The van der Waals surface area contributed by atoms with Crippen LogP contribution in [0.5, 0.6) is 23.0 Å². The summed E-state index contributed by atoms with van der Waals surface area (Å²) in [4.78, 5) is 24.2. The van der Waals surface area contributed by atoms with Crippen LogP contribution in [0, 0.1) is 0 Å². The lowest BCUT2D eigenvalue weighted by Gasteiger charge is -2.12. The van der Waals surface area contributed by atoms with Gasteiger partial charge in [0.05, 0.1) is 32.5 Å². The fourth-order valence-electron chi connectivity index (χ4n) is 3.61. The number of fused-ring (bicyclic) bond motifs is 2. The quantitative estimate of drug-likeness (QED) is 0.203. The van der Waals surface area contributed by atoms with Crippen LogP contribution in [0.25, 0.3) is 20.2 Å². The number of methoxy groups -OCH3 is 2. The highest BCUT2D eigenvalue weighted by Crippen LogP contribution is 2.41. The molecule has 210 valence electrons. The van der Waals surface area contributed by atoms with E-state index in [1.807, 2.05) is 71.9 Å². The largest absolute Gasteiger partial charge is 0.497 e. The third kappa shape index (κ3) is 7.33. The highest BCUT2D eigenvalue weighted by Gasteiger charge is 2.23. The zero-order valence-corrected chi connectivity index (χ0v) is 25.0. The molecule has 2 aromatic heterocycles. The van der Waals surface area contributed by atoms with Gasteiger partial charge < -0.3 is 28.8 Å². The molecule has 0 amide bonds. The van der Waals surface area contributed by atoms with Crippen molar-refractivity contribution in [3.63, 3.8) is 0 Å². The van der Waals surface area contributed by atoms with Gasteiger partial charge in [-0.25, -0.2) is 9.59 Å². The number of hydrogen-bond donors (Lipinski definition) is 1. The second-order valence-corrected chi connectivity index (χ2v) is 11.4. The van der Waals surface area contributed by atoms with E-state index in [2.05, 4.69) is 0 Å². The molecule has 0 unspecified atom stereocenters. The Morgan fingerprint density at radius 1 is 0.692 bits per heavy atom. The number of benzene rings is 2. The molecule has 0 aliphatic rings. The molecule has 0 spiro atoms. The highest BCUT2D eigenvalue weighted by molar-refractivity contribution is 7.21. The molecule has 0 fully saturated rings. The first-order chi connectivity index (χ1) is 18.4. The van der Waals surface area contributed by atoms with Gasteiger partial charge in [-0.3, -0.25) is 0 Å². The van der Waals surface area contributed by atoms with E-state index in [0.717, 1.165) is 25.9 Å². The Labute approximate surface area is 236 Å². The van der Waals surface area contributed by atoms with E-state index in [4.69, 9.17) is 23.7 Å². The number of thiophene rings is 2. The minimum atomic E-state index is -0.967. The van der Waals surface area contributed by atoms with Crippen LogP contribution in [0.3, 0.4) is 0 Å². The summed E-state index contributed by atoms with van der Waals surface area (Å²) in [7, 11) is 3.19. The Morgan fingerprint density at radius 2 is 1.13 bits per heavy atom. The van der Waals surface area contributed by atoms with Crippen molar-refractivity contribution in [3.05, 3.63) is 46.2 Å². The fourth-order valence-corrected chi connectivity index (χ4v) is 5.57. The molecule has 0 aliphatic carbocycles. The summed E-state index contributed by atoms with van der Waals surface area (Å²) in [5, 5.41) is 10.9. The number of carbonyl (C=O) groups excluding carboxylic acids is 1. The van der Waals surface area contributed by atoms with Gasteiger partial charge in [0.25, 0.3) is 0 Å². The topological polar surface area (TPSA) is 101 Å². The lowest BCUT2D eigenvalue weighted by atomic mass is 10.2. The lowest BCUT2D eigenvalue weighted by molar-refractivity contribution is 0.0378. The van der Waals surface area contributed by atoms with Gasteiger partial charge in [0.1, 0.15) is 11.5 Å². The molecule has 10 heteroatoms. The maximum Gasteiger partial charge on any atom is 0.352 e. The van der Waals surface area contributed by atoms with Crippen molar-refractivity contribution >= 4 is 54.8 Å². The average molecular weight is 575 g/mol. The second kappa shape index (κ2) is 13.0. The van der Waals surface area contributed by atoms with Gasteiger partial charge >= 0.3 is 11.9 Å². The molecular formula is C29H34O8S2. The Balaban J connectivity index is 0.000000218. The van der Waals surface area contributed by atoms with Crippen molar-refractivity contribution in [2.24, 2.45) is 0 Å². The zero-order chi connectivity index (χ0) is 28.9. The number of carbonyl (C=O) groups is 2. The Hall–Kier alpha value is -3.50. The van der Waals surface area contributed by atoms with Crippen LogP contribution in [0.15, 0.2) is 36.4 Å². The van der Waals surface area contributed by atoms with Gasteiger partial charge in [0, 0.05) is 20.2 Å². The molecule has 2 heterocycles. The monoisotopic (exact) mass is 574 g/mol. The standard InChI is InChI=1S/C16H20O4S.C13H14O4S/c1-9(2)19-14-12-8-11(18-5)6-7-13(12)21-15(14)16(17)20-10(3)4;1-7(2)17-11-9-6-8(16-3)4-5-10(9)18-12(11)13(14)15/h6-10H,1-5H3;4-7H,1-3H3,(H,14,15). The van der Waals surface area contributed by atoms with Gasteiger partial charge in [0.15, 0.2) is 21.3 Å². The van der Waals surface area contributed by atoms with E-state index in [1.54, 1.807) is 20.3 Å². The van der Waals surface area contributed by atoms with Crippen molar-refractivity contribution in [1.29, 1.82) is 0 Å². The zero-order valence-electron chi connectivity index (χ0n) is 23.3. The lowest BCUT2D eigenvalue weighted by Crippen LogP contribution is -2.13. The molecule has 0 saturated heterocycles. The van der Waals surface area contributed by atoms with Crippen LogP contribution >= 0.6 is 22.7 Å². The van der Waals surface area contributed by atoms with Gasteiger partial charge in [-0.05, 0) is 77.9 Å². The number of esters is 1. The van der Waals surface area contributed by atoms with Crippen molar-refractivity contribution in [3.8, 4) is 23.0 Å². The Kier molecular flexibility index (Phi) is 10.0. The van der Waals surface area contributed by atoms with Crippen LogP contribution in [0.1, 0.15) is 60.9 Å². The normalized spacial score (nSPS) is 11.1. The summed E-state index contributed by atoms with van der Waals surface area (Å²) in [6.45, 7) is 11.3. The van der Waals surface area contributed by atoms with E-state index in [9.17, 15) is 14.7 Å². The van der Waals surface area contributed by atoms with Crippen LogP contribution in [0.4, 0.5) is 0 Å². The van der Waals surface area contributed by atoms with Gasteiger partial charge in [-0.2, -0.15) is 0 Å². The van der Waals surface area contributed by atoms with E-state index >= 15 is 0 Å². The van der Waals surface area contributed by atoms with Crippen LogP contribution in [0.2, 0.25) is 0 Å². The summed E-state index contributed by atoms with van der Waals surface area (Å²) < 4.78 is 29.0. The summed E-state index contributed by atoms with van der Waals surface area (Å²) in [5.41, 5.74) is 0. The molecular weight excluding hydrogens is 540 g/mol. The smallest absolute Gasteiger partial charge is 0.352 e. The number of carboxylic acid groups (broad SMARTS) is 1. The minimum Gasteiger partial charge on any atom is -0.497 e. The van der Waals surface area contributed by atoms with Crippen LogP contribution < -0.4 is 18.9 Å². The van der Waals surface area contributed by atoms with Gasteiger partial charge in [0.2, 0.25) is 0 Å². The first-order valence-corrected chi connectivity index (χ1v) is 14.1. The van der Waals surface area contributed by atoms with E-state index in [1.165, 1.54) is 22.7 Å². The molecule has 39 heavy (non-hydrogen) atoms. The van der Waals surface area contributed by atoms with Gasteiger partial charge in [-0.1, -0.05) is 0 Å². The number of ether oxygens (including phenoxy) is 5. The molecule has 0 aliphatic heterocycles. The average Bonchev–Trinajstić information content (AvgIpc) is 3.41. The maximum atomic E-state index is 12.3. The molecule has 0 bridgehead atoms. The third-order valence-electron chi connectivity index (χ3n) is 5.13. The van der Waals surface area contributed by atoms with Crippen LogP contribution in [-0.2, 0) is 4.74 Å². The SMILES string of the molecule is COc1ccc2sc(C(=O)O)c(OC(C)C)c2c1.COc1ccc2sc(C(=O)OC(C)C)c(OC(C)C)c2c1. The van der Waals surface area contributed by atoms with E-state index in [0.29, 0.717) is 22.1 Å². The number of aromatic carboxylic acids is 1. The predicted octanol–water partition coefficient (Wildman–Crippen LogP) is 7.66. The molecule has 4 rings (SSSR count). The first kappa shape index (κ1) is 30.0. The molecule has 0 radical (unpaired) electrons. The number of hydrogen-bond acceptors (Lipinski definition) is 9. The molecule has 4 aromatic rings. The first-order valence-electron chi connectivity index (χ1n) is 12.4. The molecule has 2 aromatic carbocycles. The molecule has 1 N–H and O–H groups in total. The minimum absolute atomic E-state index is 0.0281. The molecule has 0 saturated carbocycles. The van der Waals surface area contributed by atoms with E-state index < -0.39 is 5.97 Å². The predicted molar refractivity (Wildman–Crippen MR) is 156 cm³/mol. The van der Waals surface area contributed by atoms with Crippen molar-refractivity contribution in [1.82, 2.24) is 0 Å². The Bertz CT molecular complexity index is 1450. The Morgan fingerprint density at radius 3 is 1.51 bits per heavy atom. The fraction of sp³-hybridized carbons (Fsp3) is 0.379. The second-order valence-electron chi connectivity index (χ2n) is 9.34. The summed E-state index contributed by atoms with van der Waals surface area (Å²) in [6.07, 6.45) is -0.268. The van der Waals surface area contributed by atoms with E-state index in [-0.39, 0.29) is 29.2 Å². The van der Waals surface area contributed by atoms with Crippen molar-refractivity contribution in [2.45, 2.75) is 59.9 Å². The van der Waals surface area contributed by atoms with Crippen molar-refractivity contribution in [2.75, 3.05) is 14.2 Å². The third-order valence-corrected chi connectivity index (χ3v) is 7.40. The maximum absolute atomic E-state index is 12.3. The van der Waals surface area contributed by atoms with Gasteiger partial charge in [-0.15, -0.1) is 22.7 Å². The highest BCUT2D eigenvalue weighted by atomic mass is 32.1. The number of rotatable bonds is 9. The molecule has 0 atom stereocenters. The molecule has 8 nitrogen and oxygen atoms in total. The summed E-state index contributed by atoms with van der Waals surface area (Å²) >= 11 is 2.59. The summed E-state index contributed by atoms with van der Waals surface area (Å²) in [6, 6.07) is 11.1. The van der Waals surface area contributed by atoms with Crippen molar-refractivity contribution < 1.29 is 38.4 Å².